The van der Waals surface area contributed by atoms with Gasteiger partial charge in [0.05, 0.1) is 13.7 Å². The van der Waals surface area contributed by atoms with Crippen LogP contribution in [0.2, 0.25) is 0 Å². The molecule has 1 aromatic heterocycles. The summed E-state index contributed by atoms with van der Waals surface area (Å²) in [5.74, 6) is 0.350. The van der Waals surface area contributed by atoms with Crippen LogP contribution in [0.1, 0.15) is 44.6 Å². The molecular formula is C21H28N4O4. The summed E-state index contributed by atoms with van der Waals surface area (Å²) in [5.41, 5.74) is 5.85. The number of carbonyl (C=O) groups excluding carboxylic acids is 1. The number of nitrogens with two attached hydrogens (primary N) is 1. The standard InChI is InChI=1S/C21H28N4O4/c1-3-4-12-24-18(22)17(19(26)23-21(24)28)25(20(27)14-9-7-10-14)13-15-8-5-6-11-16(15)29-2/h5-6,8,11,14H,3-4,7,9-10,12-13,22H2,1-2H3,(H,23,26,28). The lowest BCUT2D eigenvalue weighted by Crippen LogP contribution is -2.44. The van der Waals surface area contributed by atoms with Crippen LogP contribution in [0.15, 0.2) is 33.9 Å². The number of nitrogen functional groups attached to an aromatic ring is 1. The number of unbranched alkanes of at least 4 members (excludes halogenated alkanes) is 1. The van der Waals surface area contributed by atoms with E-state index in [1.54, 1.807) is 13.2 Å². The predicted molar refractivity (Wildman–Crippen MR) is 112 cm³/mol. The zero-order valence-electron chi connectivity index (χ0n) is 16.9. The van der Waals surface area contributed by atoms with Crippen LogP contribution in [-0.2, 0) is 17.9 Å². The molecule has 0 unspecified atom stereocenters. The minimum atomic E-state index is -0.650. The first kappa shape index (κ1) is 20.7. The normalized spacial score (nSPS) is 13.7. The number of ether oxygens (including phenoxy) is 1. The highest BCUT2D eigenvalue weighted by Gasteiger charge is 2.33. The van der Waals surface area contributed by atoms with Crippen LogP contribution in [0.25, 0.3) is 0 Å². The van der Waals surface area contributed by atoms with Crippen LogP contribution in [0.5, 0.6) is 5.75 Å². The summed E-state index contributed by atoms with van der Waals surface area (Å²) in [6.45, 7) is 2.52. The molecule has 156 valence electrons. The number of methoxy groups -OCH3 is 1. The number of amides is 1. The first-order chi connectivity index (χ1) is 14.0. The fourth-order valence-corrected chi connectivity index (χ4v) is 3.52. The van der Waals surface area contributed by atoms with Gasteiger partial charge in [-0.2, -0.15) is 0 Å². The minimum Gasteiger partial charge on any atom is -0.496 e. The molecule has 0 atom stereocenters. The van der Waals surface area contributed by atoms with E-state index in [4.69, 9.17) is 10.5 Å². The van der Waals surface area contributed by atoms with Gasteiger partial charge in [0, 0.05) is 18.0 Å². The van der Waals surface area contributed by atoms with E-state index < -0.39 is 11.2 Å². The average molecular weight is 400 g/mol. The lowest BCUT2D eigenvalue weighted by molar-refractivity contribution is -0.124. The Morgan fingerprint density at radius 1 is 1.31 bits per heavy atom. The summed E-state index contributed by atoms with van der Waals surface area (Å²) in [7, 11) is 1.56. The first-order valence-corrected chi connectivity index (χ1v) is 10.0. The van der Waals surface area contributed by atoms with E-state index in [2.05, 4.69) is 4.98 Å². The third-order valence-electron chi connectivity index (χ3n) is 5.46. The van der Waals surface area contributed by atoms with Gasteiger partial charge in [0.1, 0.15) is 11.6 Å². The molecule has 1 fully saturated rings. The zero-order chi connectivity index (χ0) is 21.0. The Labute approximate surface area is 169 Å². The molecule has 0 radical (unpaired) electrons. The number of nitrogens with one attached hydrogen (secondary N) is 1. The Kier molecular flexibility index (Phi) is 6.41. The number of aromatic nitrogens is 2. The van der Waals surface area contributed by atoms with Crippen molar-refractivity contribution in [3.8, 4) is 5.75 Å². The molecule has 0 saturated heterocycles. The van der Waals surface area contributed by atoms with E-state index >= 15 is 0 Å². The molecule has 29 heavy (non-hydrogen) atoms. The van der Waals surface area contributed by atoms with Crippen molar-refractivity contribution in [1.82, 2.24) is 9.55 Å². The third-order valence-corrected chi connectivity index (χ3v) is 5.46. The third kappa shape index (κ3) is 4.21. The maximum atomic E-state index is 13.2. The van der Waals surface area contributed by atoms with Crippen LogP contribution in [-0.4, -0.2) is 22.6 Å². The van der Waals surface area contributed by atoms with E-state index in [1.807, 2.05) is 25.1 Å². The molecule has 0 bridgehead atoms. The second-order valence-corrected chi connectivity index (χ2v) is 7.36. The van der Waals surface area contributed by atoms with Gasteiger partial charge in [-0.1, -0.05) is 38.0 Å². The first-order valence-electron chi connectivity index (χ1n) is 10.0. The largest absolute Gasteiger partial charge is 0.496 e. The van der Waals surface area contributed by atoms with Gasteiger partial charge in [-0.15, -0.1) is 0 Å². The van der Waals surface area contributed by atoms with Gasteiger partial charge in [-0.05, 0) is 25.3 Å². The second kappa shape index (κ2) is 8.98. The molecule has 1 amide bonds. The number of H-pyrrole nitrogens is 1. The van der Waals surface area contributed by atoms with Crippen LogP contribution >= 0.6 is 0 Å². The number of carbonyl (C=O) groups is 1. The number of para-hydroxylation sites is 1. The molecule has 3 rings (SSSR count). The molecule has 8 heteroatoms. The highest BCUT2D eigenvalue weighted by atomic mass is 16.5. The van der Waals surface area contributed by atoms with Gasteiger partial charge in [0.15, 0.2) is 5.69 Å². The molecule has 0 aliphatic heterocycles. The molecular weight excluding hydrogens is 372 g/mol. The molecule has 1 saturated carbocycles. The fourth-order valence-electron chi connectivity index (χ4n) is 3.52. The molecule has 0 spiro atoms. The van der Waals surface area contributed by atoms with Crippen molar-refractivity contribution >= 4 is 17.4 Å². The number of hydrogen-bond donors (Lipinski definition) is 2. The predicted octanol–water partition coefficient (Wildman–Crippen LogP) is 2.26. The van der Waals surface area contributed by atoms with Crippen LogP contribution in [0.3, 0.4) is 0 Å². The molecule has 1 aliphatic carbocycles. The summed E-state index contributed by atoms with van der Waals surface area (Å²) in [6.07, 6.45) is 4.16. The smallest absolute Gasteiger partial charge is 0.330 e. The van der Waals surface area contributed by atoms with Crippen LogP contribution < -0.4 is 26.6 Å². The van der Waals surface area contributed by atoms with Gasteiger partial charge in [0.25, 0.3) is 5.56 Å². The molecule has 1 aromatic carbocycles. The maximum Gasteiger partial charge on any atom is 0.330 e. The number of anilines is 2. The Hall–Kier alpha value is -3.03. The quantitative estimate of drug-likeness (QED) is 0.706. The van der Waals surface area contributed by atoms with Crippen LogP contribution in [0.4, 0.5) is 11.5 Å². The van der Waals surface area contributed by atoms with Crippen molar-refractivity contribution in [1.29, 1.82) is 0 Å². The van der Waals surface area contributed by atoms with Crippen LogP contribution in [0, 0.1) is 5.92 Å². The van der Waals surface area contributed by atoms with E-state index in [9.17, 15) is 14.4 Å². The summed E-state index contributed by atoms with van der Waals surface area (Å²) in [6, 6.07) is 7.33. The average Bonchev–Trinajstić information content (AvgIpc) is 2.65. The number of benzene rings is 1. The fraction of sp³-hybridized carbons (Fsp3) is 0.476. The number of rotatable bonds is 8. The Bertz CT molecular complexity index is 991. The van der Waals surface area contributed by atoms with Crippen molar-refractivity contribution in [2.75, 3.05) is 17.7 Å². The van der Waals surface area contributed by atoms with E-state index in [1.165, 1.54) is 9.47 Å². The topological polar surface area (TPSA) is 110 Å². The second-order valence-electron chi connectivity index (χ2n) is 7.36. The lowest BCUT2D eigenvalue weighted by Gasteiger charge is -2.32. The van der Waals surface area contributed by atoms with Gasteiger partial charge < -0.3 is 10.5 Å². The Morgan fingerprint density at radius 2 is 2.03 bits per heavy atom. The van der Waals surface area contributed by atoms with Gasteiger partial charge >= 0.3 is 5.69 Å². The Balaban J connectivity index is 2.10. The monoisotopic (exact) mass is 400 g/mol. The van der Waals surface area contributed by atoms with E-state index in [0.717, 1.165) is 37.7 Å². The maximum absolute atomic E-state index is 13.2. The van der Waals surface area contributed by atoms with Gasteiger partial charge in [0.2, 0.25) is 5.91 Å². The number of hydrogen-bond acceptors (Lipinski definition) is 5. The lowest BCUT2D eigenvalue weighted by atomic mass is 9.84. The molecule has 8 nitrogen and oxygen atoms in total. The Morgan fingerprint density at radius 3 is 2.66 bits per heavy atom. The minimum absolute atomic E-state index is 0.0229. The highest BCUT2D eigenvalue weighted by Crippen LogP contribution is 2.32. The number of aromatic amines is 1. The van der Waals surface area contributed by atoms with Crippen molar-refractivity contribution in [2.24, 2.45) is 5.92 Å². The van der Waals surface area contributed by atoms with Crippen molar-refractivity contribution in [2.45, 2.75) is 52.1 Å². The summed E-state index contributed by atoms with van der Waals surface area (Å²) < 4.78 is 6.75. The molecule has 2 aromatic rings. The van der Waals surface area contributed by atoms with Crippen molar-refractivity contribution in [3.63, 3.8) is 0 Å². The van der Waals surface area contributed by atoms with E-state index in [0.29, 0.717) is 12.3 Å². The van der Waals surface area contributed by atoms with Crippen molar-refractivity contribution < 1.29 is 9.53 Å². The molecule has 1 heterocycles. The molecule has 1 aliphatic rings. The summed E-state index contributed by atoms with van der Waals surface area (Å²) >= 11 is 0. The van der Waals surface area contributed by atoms with Gasteiger partial charge in [-0.3, -0.25) is 24.0 Å². The van der Waals surface area contributed by atoms with Crippen molar-refractivity contribution in [3.05, 3.63) is 50.7 Å². The van der Waals surface area contributed by atoms with E-state index in [-0.39, 0.29) is 29.9 Å². The zero-order valence-corrected chi connectivity index (χ0v) is 16.9. The SMILES string of the molecule is CCCCn1c(N)c(N(Cc2ccccc2OC)C(=O)C2CCC2)c(=O)[nH]c1=O. The molecule has 3 N–H and O–H groups in total. The summed E-state index contributed by atoms with van der Waals surface area (Å²) in [5, 5.41) is 0. The highest BCUT2D eigenvalue weighted by molar-refractivity contribution is 5.97. The number of nitrogens with zero attached hydrogens (tertiary/aromatic N) is 2. The summed E-state index contributed by atoms with van der Waals surface area (Å²) in [4.78, 5) is 42.0. The van der Waals surface area contributed by atoms with Gasteiger partial charge in [-0.25, -0.2) is 4.79 Å².